The van der Waals surface area contributed by atoms with Gasteiger partial charge in [0.05, 0.1) is 5.41 Å². The molecule has 0 aromatic carbocycles. The third-order valence-electron chi connectivity index (χ3n) is 5.25. The van der Waals surface area contributed by atoms with E-state index in [1.165, 1.54) is 9.75 Å². The van der Waals surface area contributed by atoms with E-state index in [0.29, 0.717) is 5.91 Å². The summed E-state index contributed by atoms with van der Waals surface area (Å²) in [6.45, 7) is 8.02. The van der Waals surface area contributed by atoms with E-state index in [1.54, 1.807) is 0 Å². The van der Waals surface area contributed by atoms with Gasteiger partial charge in [0.1, 0.15) is 0 Å². The third-order valence-corrected chi connectivity index (χ3v) is 6.24. The zero-order valence-corrected chi connectivity index (χ0v) is 15.5. The summed E-state index contributed by atoms with van der Waals surface area (Å²) in [5, 5.41) is 0. The van der Waals surface area contributed by atoms with Crippen molar-refractivity contribution in [1.82, 2.24) is 14.7 Å². The van der Waals surface area contributed by atoms with E-state index in [-0.39, 0.29) is 5.41 Å². The first-order valence-corrected chi connectivity index (χ1v) is 9.52. The molecule has 2 aliphatic rings. The Balaban J connectivity index is 1.62. The molecule has 128 valence electrons. The van der Waals surface area contributed by atoms with Gasteiger partial charge in [0, 0.05) is 42.5 Å². The fraction of sp³-hybridized carbons (Fsp3) is 0.722. The lowest BCUT2D eigenvalue weighted by atomic mass is 9.78. The molecule has 1 atom stereocenters. The SMILES string of the molecule is Cc1ccc(CN2CCC[C@@]3(CCN(CCN(C)C)C3=O)C2)s1. The molecule has 3 heterocycles. The van der Waals surface area contributed by atoms with Crippen molar-refractivity contribution < 1.29 is 4.79 Å². The lowest BCUT2D eigenvalue weighted by Gasteiger charge is -2.39. The normalized spacial score (nSPS) is 25.9. The molecule has 4 nitrogen and oxygen atoms in total. The minimum atomic E-state index is -0.100. The van der Waals surface area contributed by atoms with Crippen LogP contribution in [-0.2, 0) is 11.3 Å². The van der Waals surface area contributed by atoms with Crippen LogP contribution >= 0.6 is 11.3 Å². The second kappa shape index (κ2) is 6.91. The molecule has 1 amide bonds. The van der Waals surface area contributed by atoms with Crippen LogP contribution in [0.4, 0.5) is 0 Å². The van der Waals surface area contributed by atoms with Gasteiger partial charge in [-0.2, -0.15) is 0 Å². The van der Waals surface area contributed by atoms with Gasteiger partial charge in [0.15, 0.2) is 0 Å². The summed E-state index contributed by atoms with van der Waals surface area (Å²) in [6.07, 6.45) is 3.26. The molecular formula is C18H29N3OS. The Morgan fingerprint density at radius 2 is 2.09 bits per heavy atom. The predicted octanol–water partition coefficient (Wildman–Crippen LogP) is 2.43. The summed E-state index contributed by atoms with van der Waals surface area (Å²) in [6, 6.07) is 4.44. The molecule has 0 bridgehead atoms. The van der Waals surface area contributed by atoms with Gasteiger partial charge in [0.25, 0.3) is 0 Å². The molecule has 2 saturated heterocycles. The number of nitrogens with zero attached hydrogens (tertiary/aromatic N) is 3. The summed E-state index contributed by atoms with van der Waals surface area (Å²) < 4.78 is 0. The maximum atomic E-state index is 13.0. The molecule has 5 heteroatoms. The fourth-order valence-corrected chi connectivity index (χ4v) is 4.89. The average Bonchev–Trinajstić information content (AvgIpc) is 3.03. The Kier molecular flexibility index (Phi) is 5.09. The summed E-state index contributed by atoms with van der Waals surface area (Å²) in [5.74, 6) is 0.409. The molecule has 0 radical (unpaired) electrons. The highest BCUT2D eigenvalue weighted by Crippen LogP contribution is 2.40. The molecule has 0 unspecified atom stereocenters. The average molecular weight is 336 g/mol. The van der Waals surface area contributed by atoms with E-state index >= 15 is 0 Å². The van der Waals surface area contributed by atoms with Gasteiger partial charge < -0.3 is 9.80 Å². The highest BCUT2D eigenvalue weighted by atomic mass is 32.1. The van der Waals surface area contributed by atoms with E-state index < -0.39 is 0 Å². The van der Waals surface area contributed by atoms with Crippen LogP contribution in [0.25, 0.3) is 0 Å². The van der Waals surface area contributed by atoms with Crippen LogP contribution in [-0.4, -0.2) is 67.4 Å². The van der Waals surface area contributed by atoms with Crippen molar-refractivity contribution in [2.75, 3.05) is 46.8 Å². The number of carbonyl (C=O) groups is 1. The van der Waals surface area contributed by atoms with Crippen molar-refractivity contribution in [3.8, 4) is 0 Å². The zero-order chi connectivity index (χ0) is 16.4. The monoisotopic (exact) mass is 335 g/mol. The summed E-state index contributed by atoms with van der Waals surface area (Å²) in [5.41, 5.74) is -0.100. The summed E-state index contributed by atoms with van der Waals surface area (Å²) in [4.78, 5) is 22.5. The number of carbonyl (C=O) groups excluding carboxylic acids is 1. The number of aryl methyl sites for hydroxylation is 1. The highest BCUT2D eigenvalue weighted by Gasteiger charge is 2.48. The number of amides is 1. The van der Waals surface area contributed by atoms with E-state index in [1.807, 2.05) is 11.3 Å². The molecule has 2 fully saturated rings. The van der Waals surface area contributed by atoms with Gasteiger partial charge in [-0.15, -0.1) is 11.3 Å². The van der Waals surface area contributed by atoms with Gasteiger partial charge in [-0.1, -0.05) is 0 Å². The van der Waals surface area contributed by atoms with Crippen molar-refractivity contribution in [3.63, 3.8) is 0 Å². The smallest absolute Gasteiger partial charge is 0.230 e. The largest absolute Gasteiger partial charge is 0.341 e. The lowest BCUT2D eigenvalue weighted by molar-refractivity contribution is -0.139. The maximum Gasteiger partial charge on any atom is 0.230 e. The van der Waals surface area contributed by atoms with Crippen molar-refractivity contribution in [3.05, 3.63) is 21.9 Å². The number of piperidine rings is 1. The first-order valence-electron chi connectivity index (χ1n) is 8.70. The second-order valence-corrected chi connectivity index (χ2v) is 8.82. The Morgan fingerprint density at radius 1 is 1.26 bits per heavy atom. The van der Waals surface area contributed by atoms with Gasteiger partial charge in [-0.3, -0.25) is 9.69 Å². The van der Waals surface area contributed by atoms with Gasteiger partial charge >= 0.3 is 0 Å². The number of likely N-dealkylation sites (N-methyl/N-ethyl adjacent to an activating group) is 1. The highest BCUT2D eigenvalue weighted by molar-refractivity contribution is 7.11. The molecule has 23 heavy (non-hydrogen) atoms. The van der Waals surface area contributed by atoms with E-state index in [0.717, 1.165) is 58.5 Å². The van der Waals surface area contributed by atoms with Crippen molar-refractivity contribution in [2.24, 2.45) is 5.41 Å². The maximum absolute atomic E-state index is 13.0. The minimum Gasteiger partial charge on any atom is -0.341 e. The van der Waals surface area contributed by atoms with Gasteiger partial charge in [0.2, 0.25) is 5.91 Å². The molecular weight excluding hydrogens is 306 g/mol. The Labute approximate surface area is 144 Å². The Bertz CT molecular complexity index is 556. The Hall–Kier alpha value is -0.910. The molecule has 0 aliphatic carbocycles. The molecule has 3 rings (SSSR count). The molecule has 1 aromatic heterocycles. The standard InChI is InChI=1S/C18H29N3OS/c1-15-5-6-16(23-15)13-20-9-4-7-18(14-20)8-10-21(17(18)22)12-11-19(2)3/h5-6H,4,7-14H2,1-3H3/t18-/m1/s1. The number of rotatable bonds is 5. The quantitative estimate of drug-likeness (QED) is 0.827. The van der Waals surface area contributed by atoms with Crippen molar-refractivity contribution >= 4 is 17.2 Å². The topological polar surface area (TPSA) is 26.8 Å². The zero-order valence-electron chi connectivity index (χ0n) is 14.7. The van der Waals surface area contributed by atoms with Crippen LogP contribution in [0.3, 0.4) is 0 Å². The number of thiophene rings is 1. The van der Waals surface area contributed by atoms with Crippen LogP contribution in [0.2, 0.25) is 0 Å². The van der Waals surface area contributed by atoms with E-state index in [4.69, 9.17) is 0 Å². The fourth-order valence-electron chi connectivity index (χ4n) is 3.96. The predicted molar refractivity (Wildman–Crippen MR) is 95.8 cm³/mol. The first-order chi connectivity index (χ1) is 11.0. The Morgan fingerprint density at radius 3 is 2.78 bits per heavy atom. The summed E-state index contributed by atoms with van der Waals surface area (Å²) >= 11 is 1.88. The van der Waals surface area contributed by atoms with E-state index in [9.17, 15) is 4.79 Å². The lowest BCUT2D eigenvalue weighted by Crippen LogP contribution is -2.48. The molecule has 2 aliphatic heterocycles. The number of hydrogen-bond donors (Lipinski definition) is 0. The molecule has 0 N–H and O–H groups in total. The van der Waals surface area contributed by atoms with Gasteiger partial charge in [-0.05, 0) is 59.0 Å². The second-order valence-electron chi connectivity index (χ2n) is 7.45. The van der Waals surface area contributed by atoms with Crippen molar-refractivity contribution in [1.29, 1.82) is 0 Å². The number of likely N-dealkylation sites (tertiary alicyclic amines) is 2. The van der Waals surface area contributed by atoms with Crippen LogP contribution in [0.1, 0.15) is 29.0 Å². The van der Waals surface area contributed by atoms with Crippen LogP contribution < -0.4 is 0 Å². The molecule has 1 aromatic rings. The molecule has 0 saturated carbocycles. The van der Waals surface area contributed by atoms with Crippen LogP contribution in [0.15, 0.2) is 12.1 Å². The molecule has 1 spiro atoms. The van der Waals surface area contributed by atoms with Gasteiger partial charge in [-0.25, -0.2) is 0 Å². The number of hydrogen-bond acceptors (Lipinski definition) is 4. The van der Waals surface area contributed by atoms with E-state index in [2.05, 4.69) is 47.9 Å². The van der Waals surface area contributed by atoms with Crippen LogP contribution in [0, 0.1) is 12.3 Å². The minimum absolute atomic E-state index is 0.100. The van der Waals surface area contributed by atoms with Crippen molar-refractivity contribution in [2.45, 2.75) is 32.7 Å². The van der Waals surface area contributed by atoms with Crippen LogP contribution in [0.5, 0.6) is 0 Å². The third kappa shape index (κ3) is 3.78. The first kappa shape index (κ1) is 16.9. The summed E-state index contributed by atoms with van der Waals surface area (Å²) in [7, 11) is 4.14.